The molecule has 1 unspecified atom stereocenters. The molecule has 0 aromatic heterocycles. The monoisotopic (exact) mass is 257 g/mol. The van der Waals surface area contributed by atoms with Crippen LogP contribution < -0.4 is 5.73 Å². The Bertz CT molecular complexity index is 647. The number of benzene rings is 1. The standard InChI is InChI=1S/C14H12FN3O/c1-2-8-18-13(19)17-12(16)14(18)7-6-9-10(14)4-3-5-11(9)15/h1,3-5H,6-8H2,(H2,16,17,19). The Hall–Kier alpha value is -2.35. The summed E-state index contributed by atoms with van der Waals surface area (Å²) in [5.74, 6) is 2.37. The topological polar surface area (TPSA) is 58.7 Å². The van der Waals surface area contributed by atoms with E-state index in [-0.39, 0.29) is 18.2 Å². The highest BCUT2D eigenvalue weighted by Crippen LogP contribution is 2.45. The fourth-order valence-corrected chi connectivity index (χ4v) is 3.04. The van der Waals surface area contributed by atoms with Gasteiger partial charge in [0.2, 0.25) is 0 Å². The number of fused-ring (bicyclic) bond motifs is 2. The summed E-state index contributed by atoms with van der Waals surface area (Å²) in [5, 5.41) is 0. The first-order valence-electron chi connectivity index (χ1n) is 5.99. The minimum atomic E-state index is -0.860. The number of terminal acetylenes is 1. The number of hydrogen-bond donors (Lipinski definition) is 1. The van der Waals surface area contributed by atoms with Crippen LogP contribution in [0.3, 0.4) is 0 Å². The number of carbonyl (C=O) groups is 1. The maximum atomic E-state index is 13.8. The summed E-state index contributed by atoms with van der Waals surface area (Å²) in [6.45, 7) is 0.110. The molecule has 1 aromatic carbocycles. The van der Waals surface area contributed by atoms with Crippen molar-refractivity contribution in [1.29, 1.82) is 0 Å². The molecule has 0 saturated carbocycles. The highest BCUT2D eigenvalue weighted by Gasteiger charge is 2.53. The first kappa shape index (κ1) is 11.7. The number of nitrogens with zero attached hydrogens (tertiary/aromatic N) is 2. The van der Waals surface area contributed by atoms with Crippen LogP contribution in [0.15, 0.2) is 23.2 Å². The van der Waals surface area contributed by atoms with E-state index in [0.717, 1.165) is 0 Å². The molecular weight excluding hydrogens is 245 g/mol. The number of amides is 2. The summed E-state index contributed by atoms with van der Waals surface area (Å²) in [7, 11) is 0. The fraction of sp³-hybridized carbons (Fsp3) is 0.286. The molecule has 0 fully saturated rings. The smallest absolute Gasteiger partial charge is 0.347 e. The minimum Gasteiger partial charge on any atom is -0.385 e. The molecule has 4 nitrogen and oxygen atoms in total. The van der Waals surface area contributed by atoms with E-state index in [1.165, 1.54) is 11.0 Å². The van der Waals surface area contributed by atoms with Crippen molar-refractivity contribution in [1.82, 2.24) is 4.90 Å². The average molecular weight is 257 g/mol. The summed E-state index contributed by atoms with van der Waals surface area (Å²) in [6, 6.07) is 4.36. The number of hydrogen-bond acceptors (Lipinski definition) is 2. The zero-order chi connectivity index (χ0) is 13.6. The van der Waals surface area contributed by atoms with Crippen molar-refractivity contribution in [2.24, 2.45) is 10.7 Å². The maximum absolute atomic E-state index is 13.8. The van der Waals surface area contributed by atoms with Crippen molar-refractivity contribution in [2.45, 2.75) is 18.4 Å². The van der Waals surface area contributed by atoms with E-state index in [1.54, 1.807) is 12.1 Å². The van der Waals surface area contributed by atoms with Crippen LogP contribution in [0.25, 0.3) is 0 Å². The number of aliphatic imine (C=N–C) groups is 1. The van der Waals surface area contributed by atoms with Crippen molar-refractivity contribution in [3.05, 3.63) is 35.1 Å². The van der Waals surface area contributed by atoms with Crippen molar-refractivity contribution >= 4 is 11.9 Å². The van der Waals surface area contributed by atoms with Gasteiger partial charge in [0.1, 0.15) is 17.2 Å². The molecule has 1 spiro atoms. The number of urea groups is 1. The summed E-state index contributed by atoms with van der Waals surface area (Å²) in [4.78, 5) is 17.2. The second-order valence-corrected chi connectivity index (χ2v) is 4.70. The summed E-state index contributed by atoms with van der Waals surface area (Å²) >= 11 is 0. The number of nitrogens with two attached hydrogens (primary N) is 1. The Morgan fingerprint density at radius 1 is 1.58 bits per heavy atom. The van der Waals surface area contributed by atoms with Gasteiger partial charge in [-0.05, 0) is 30.0 Å². The van der Waals surface area contributed by atoms with E-state index < -0.39 is 11.6 Å². The summed E-state index contributed by atoms with van der Waals surface area (Å²) < 4.78 is 13.8. The Balaban J connectivity index is 2.21. The average Bonchev–Trinajstić information content (AvgIpc) is 2.87. The predicted molar refractivity (Wildman–Crippen MR) is 69.0 cm³/mol. The van der Waals surface area contributed by atoms with Crippen molar-refractivity contribution < 1.29 is 9.18 Å². The predicted octanol–water partition coefficient (Wildman–Crippen LogP) is 1.39. The molecule has 96 valence electrons. The molecule has 2 N–H and O–H groups in total. The Kier molecular flexibility index (Phi) is 2.36. The molecule has 0 saturated heterocycles. The Labute approximate surface area is 110 Å². The SMILES string of the molecule is C#CCN1C(=O)N=C(N)C12CCc1c(F)cccc12. The van der Waals surface area contributed by atoms with Crippen LogP contribution in [0.4, 0.5) is 9.18 Å². The maximum Gasteiger partial charge on any atom is 0.347 e. The summed E-state index contributed by atoms with van der Waals surface area (Å²) in [6.07, 6.45) is 6.35. The van der Waals surface area contributed by atoms with Gasteiger partial charge >= 0.3 is 6.03 Å². The van der Waals surface area contributed by atoms with Crippen LogP contribution in [0.1, 0.15) is 17.5 Å². The van der Waals surface area contributed by atoms with E-state index >= 15 is 0 Å². The lowest BCUT2D eigenvalue weighted by atomic mass is 9.89. The number of rotatable bonds is 1. The molecule has 1 aliphatic carbocycles. The van der Waals surface area contributed by atoms with Crippen LogP contribution in [-0.2, 0) is 12.0 Å². The zero-order valence-electron chi connectivity index (χ0n) is 10.2. The van der Waals surface area contributed by atoms with Gasteiger partial charge in [0.15, 0.2) is 0 Å². The lowest BCUT2D eigenvalue weighted by Gasteiger charge is -2.34. The number of halogens is 1. The van der Waals surface area contributed by atoms with E-state index in [2.05, 4.69) is 10.9 Å². The van der Waals surface area contributed by atoms with Crippen molar-refractivity contribution in [2.75, 3.05) is 6.54 Å². The molecule has 19 heavy (non-hydrogen) atoms. The first-order valence-corrected chi connectivity index (χ1v) is 5.99. The fourth-order valence-electron chi connectivity index (χ4n) is 3.04. The molecule has 1 aliphatic heterocycles. The molecule has 1 atom stereocenters. The normalized spacial score (nSPS) is 24.5. The lowest BCUT2D eigenvalue weighted by Crippen LogP contribution is -2.50. The molecular formula is C14H12FN3O. The largest absolute Gasteiger partial charge is 0.385 e. The van der Waals surface area contributed by atoms with Gasteiger partial charge in [-0.15, -0.1) is 6.42 Å². The molecule has 1 heterocycles. The van der Waals surface area contributed by atoms with Crippen LogP contribution in [-0.4, -0.2) is 23.3 Å². The summed E-state index contributed by atoms with van der Waals surface area (Å²) in [5.41, 5.74) is 6.39. The highest BCUT2D eigenvalue weighted by atomic mass is 19.1. The van der Waals surface area contributed by atoms with Gasteiger partial charge in [-0.1, -0.05) is 18.1 Å². The molecule has 2 aliphatic rings. The molecule has 0 bridgehead atoms. The molecule has 0 radical (unpaired) electrons. The van der Waals surface area contributed by atoms with Gasteiger partial charge in [-0.25, -0.2) is 9.18 Å². The van der Waals surface area contributed by atoms with Gasteiger partial charge in [-0.3, -0.25) is 4.90 Å². The molecule has 2 amide bonds. The van der Waals surface area contributed by atoms with Crippen LogP contribution >= 0.6 is 0 Å². The quantitative estimate of drug-likeness (QED) is 0.773. The van der Waals surface area contributed by atoms with Gasteiger partial charge < -0.3 is 5.73 Å². The minimum absolute atomic E-state index is 0.110. The molecule has 1 aromatic rings. The third-order valence-corrected chi connectivity index (χ3v) is 3.88. The second kappa shape index (κ2) is 3.82. The van der Waals surface area contributed by atoms with Crippen molar-refractivity contribution in [3.63, 3.8) is 0 Å². The zero-order valence-corrected chi connectivity index (χ0v) is 10.2. The van der Waals surface area contributed by atoms with Crippen molar-refractivity contribution in [3.8, 4) is 12.3 Å². The Morgan fingerprint density at radius 3 is 3.11 bits per heavy atom. The second-order valence-electron chi connectivity index (χ2n) is 4.70. The van der Waals surface area contributed by atoms with Gasteiger partial charge in [-0.2, -0.15) is 4.99 Å². The third kappa shape index (κ3) is 1.34. The van der Waals surface area contributed by atoms with Gasteiger partial charge in [0.05, 0.1) is 6.54 Å². The van der Waals surface area contributed by atoms with Crippen LogP contribution in [0, 0.1) is 18.2 Å². The van der Waals surface area contributed by atoms with Gasteiger partial charge in [0, 0.05) is 0 Å². The third-order valence-electron chi connectivity index (χ3n) is 3.88. The highest BCUT2D eigenvalue weighted by molar-refractivity contribution is 6.07. The van der Waals surface area contributed by atoms with E-state index in [4.69, 9.17) is 12.2 Å². The van der Waals surface area contributed by atoms with Crippen LogP contribution in [0.5, 0.6) is 0 Å². The van der Waals surface area contributed by atoms with E-state index in [9.17, 15) is 9.18 Å². The molecule has 3 rings (SSSR count). The van der Waals surface area contributed by atoms with E-state index in [1.807, 2.05) is 0 Å². The number of amidine groups is 1. The van der Waals surface area contributed by atoms with Crippen LogP contribution in [0.2, 0.25) is 0 Å². The van der Waals surface area contributed by atoms with Gasteiger partial charge in [0.25, 0.3) is 0 Å². The first-order chi connectivity index (χ1) is 9.11. The number of carbonyl (C=O) groups excluding carboxylic acids is 1. The van der Waals surface area contributed by atoms with E-state index in [0.29, 0.717) is 24.0 Å². The lowest BCUT2D eigenvalue weighted by molar-refractivity contribution is 0.182. The Morgan fingerprint density at radius 2 is 2.37 bits per heavy atom. The molecule has 5 heteroatoms.